The first kappa shape index (κ1) is 18.7. The summed E-state index contributed by atoms with van der Waals surface area (Å²) in [5.41, 5.74) is 3.67. The molecule has 1 N–H and O–H groups in total. The van der Waals surface area contributed by atoms with Crippen molar-refractivity contribution in [3.8, 4) is 5.75 Å². The van der Waals surface area contributed by atoms with Gasteiger partial charge in [-0.2, -0.15) is 0 Å². The lowest BCUT2D eigenvalue weighted by Crippen LogP contribution is -2.48. The smallest absolute Gasteiger partial charge is 0.243 e. The third-order valence-corrected chi connectivity index (χ3v) is 5.83. The van der Waals surface area contributed by atoms with E-state index in [2.05, 4.69) is 10.3 Å². The minimum atomic E-state index is -0.402. The van der Waals surface area contributed by atoms with Gasteiger partial charge in [-0.25, -0.2) is 4.98 Å². The summed E-state index contributed by atoms with van der Waals surface area (Å²) in [5, 5.41) is 4.90. The van der Waals surface area contributed by atoms with Gasteiger partial charge in [-0.15, -0.1) is 23.1 Å². The van der Waals surface area contributed by atoms with Gasteiger partial charge >= 0.3 is 0 Å². The molecule has 6 nitrogen and oxygen atoms in total. The maximum atomic E-state index is 12.6. The fourth-order valence-electron chi connectivity index (χ4n) is 2.72. The first-order chi connectivity index (χ1) is 12.7. The largest absolute Gasteiger partial charge is 0.497 e. The Labute approximate surface area is 160 Å². The molecule has 1 aromatic carbocycles. The van der Waals surface area contributed by atoms with Gasteiger partial charge in [0.05, 0.1) is 30.6 Å². The van der Waals surface area contributed by atoms with Crippen molar-refractivity contribution in [1.82, 2.24) is 15.2 Å². The highest BCUT2D eigenvalue weighted by molar-refractivity contribution is 7.99. The molecule has 1 fully saturated rings. The number of hydrogen-bond acceptors (Lipinski definition) is 6. The monoisotopic (exact) mass is 391 g/mol. The average molecular weight is 392 g/mol. The number of aromatic nitrogens is 1. The highest BCUT2D eigenvalue weighted by atomic mass is 32.2. The van der Waals surface area contributed by atoms with E-state index in [-0.39, 0.29) is 18.2 Å². The van der Waals surface area contributed by atoms with Crippen LogP contribution in [0.3, 0.4) is 0 Å². The lowest BCUT2D eigenvalue weighted by molar-refractivity contribution is -0.137. The van der Waals surface area contributed by atoms with Crippen LogP contribution in [0.15, 0.2) is 35.2 Å². The average Bonchev–Trinajstić information content (AvgIpc) is 3.34. The van der Waals surface area contributed by atoms with Gasteiger partial charge in [-0.3, -0.25) is 9.59 Å². The van der Waals surface area contributed by atoms with Crippen molar-refractivity contribution in [1.29, 1.82) is 0 Å². The standard InChI is InChI=1S/C18H21N3O3S2/c1-24-15-4-2-13(3-5-15)8-17(22)21-12-26-10-16(21)18(23)19-7-6-14-9-25-11-20-14/h2-5,9,11,16H,6-8,10,12H2,1H3,(H,19,23)/t16-/m1/s1. The van der Waals surface area contributed by atoms with Gasteiger partial charge in [0, 0.05) is 24.1 Å². The molecule has 2 heterocycles. The van der Waals surface area contributed by atoms with Crippen LogP contribution in [-0.4, -0.2) is 53.0 Å². The van der Waals surface area contributed by atoms with Crippen LogP contribution in [0.2, 0.25) is 0 Å². The maximum Gasteiger partial charge on any atom is 0.243 e. The fraction of sp³-hybridized carbons (Fsp3) is 0.389. The van der Waals surface area contributed by atoms with E-state index in [9.17, 15) is 9.59 Å². The number of ether oxygens (including phenoxy) is 1. The number of benzene rings is 1. The molecule has 2 aromatic rings. The number of methoxy groups -OCH3 is 1. The van der Waals surface area contributed by atoms with E-state index in [1.807, 2.05) is 29.6 Å². The van der Waals surface area contributed by atoms with Crippen LogP contribution in [0.25, 0.3) is 0 Å². The summed E-state index contributed by atoms with van der Waals surface area (Å²) in [6, 6.07) is 7.03. The van der Waals surface area contributed by atoms with Gasteiger partial charge in [0.2, 0.25) is 11.8 Å². The van der Waals surface area contributed by atoms with Gasteiger partial charge < -0.3 is 15.0 Å². The van der Waals surface area contributed by atoms with Gasteiger partial charge in [-0.05, 0) is 17.7 Å². The second-order valence-electron chi connectivity index (χ2n) is 5.92. The Bertz CT molecular complexity index is 735. The second kappa shape index (κ2) is 9.05. The maximum absolute atomic E-state index is 12.6. The number of carbonyl (C=O) groups excluding carboxylic acids is 2. The third kappa shape index (κ3) is 4.76. The number of nitrogens with one attached hydrogen (secondary N) is 1. The molecule has 0 bridgehead atoms. The van der Waals surface area contributed by atoms with Crippen molar-refractivity contribution in [3.05, 3.63) is 46.4 Å². The summed E-state index contributed by atoms with van der Waals surface area (Å²) < 4.78 is 5.13. The van der Waals surface area contributed by atoms with Gasteiger partial charge in [0.1, 0.15) is 11.8 Å². The van der Waals surface area contributed by atoms with Gasteiger partial charge in [0.25, 0.3) is 0 Å². The normalized spacial score (nSPS) is 16.5. The quantitative estimate of drug-likeness (QED) is 0.781. The molecule has 1 aromatic heterocycles. The molecule has 138 valence electrons. The zero-order valence-electron chi connectivity index (χ0n) is 14.5. The topological polar surface area (TPSA) is 71.5 Å². The molecule has 1 atom stereocenters. The molecule has 0 unspecified atom stereocenters. The second-order valence-corrected chi connectivity index (χ2v) is 7.64. The van der Waals surface area contributed by atoms with Crippen LogP contribution in [0.5, 0.6) is 5.75 Å². The van der Waals surface area contributed by atoms with E-state index in [1.165, 1.54) is 0 Å². The Morgan fingerprint density at radius 2 is 2.15 bits per heavy atom. The molecule has 1 saturated heterocycles. The molecule has 0 aliphatic carbocycles. The summed E-state index contributed by atoms with van der Waals surface area (Å²) in [7, 11) is 1.61. The van der Waals surface area contributed by atoms with E-state index >= 15 is 0 Å². The predicted octanol–water partition coefficient (Wildman–Crippen LogP) is 1.95. The molecule has 0 radical (unpaired) electrons. The van der Waals surface area contributed by atoms with Crippen molar-refractivity contribution in [2.75, 3.05) is 25.3 Å². The minimum absolute atomic E-state index is 0.0279. The van der Waals surface area contributed by atoms with Crippen LogP contribution < -0.4 is 10.1 Å². The number of hydrogen-bond donors (Lipinski definition) is 1. The van der Waals surface area contributed by atoms with E-state index in [1.54, 1.807) is 40.6 Å². The summed E-state index contributed by atoms with van der Waals surface area (Å²) in [6.07, 6.45) is 0.988. The molecule has 2 amide bonds. The van der Waals surface area contributed by atoms with Crippen molar-refractivity contribution >= 4 is 34.9 Å². The minimum Gasteiger partial charge on any atom is -0.497 e. The Balaban J connectivity index is 1.52. The Kier molecular flexibility index (Phi) is 6.51. The zero-order chi connectivity index (χ0) is 18.4. The van der Waals surface area contributed by atoms with E-state index in [4.69, 9.17) is 4.74 Å². The highest BCUT2D eigenvalue weighted by Gasteiger charge is 2.34. The molecular formula is C18H21N3O3S2. The van der Waals surface area contributed by atoms with Crippen LogP contribution in [-0.2, 0) is 22.4 Å². The van der Waals surface area contributed by atoms with Gasteiger partial charge in [-0.1, -0.05) is 12.1 Å². The van der Waals surface area contributed by atoms with Crippen LogP contribution >= 0.6 is 23.1 Å². The molecule has 0 spiro atoms. The lowest BCUT2D eigenvalue weighted by Gasteiger charge is -2.23. The Hall–Kier alpha value is -2.06. The molecule has 0 saturated carbocycles. The van der Waals surface area contributed by atoms with Crippen molar-refractivity contribution in [2.45, 2.75) is 18.9 Å². The van der Waals surface area contributed by atoms with Crippen molar-refractivity contribution < 1.29 is 14.3 Å². The zero-order valence-corrected chi connectivity index (χ0v) is 16.1. The molecule has 8 heteroatoms. The molecule has 1 aliphatic heterocycles. The molecule has 3 rings (SSSR count). The molecule has 26 heavy (non-hydrogen) atoms. The first-order valence-electron chi connectivity index (χ1n) is 8.32. The number of nitrogens with zero attached hydrogens (tertiary/aromatic N) is 2. The Morgan fingerprint density at radius 3 is 2.85 bits per heavy atom. The Morgan fingerprint density at radius 1 is 1.35 bits per heavy atom. The van der Waals surface area contributed by atoms with E-state index in [0.29, 0.717) is 24.6 Å². The number of carbonyl (C=O) groups is 2. The summed E-state index contributed by atoms with van der Waals surface area (Å²) in [6.45, 7) is 0.532. The lowest BCUT2D eigenvalue weighted by atomic mass is 10.1. The van der Waals surface area contributed by atoms with Crippen LogP contribution in [0.1, 0.15) is 11.3 Å². The van der Waals surface area contributed by atoms with Crippen molar-refractivity contribution in [3.63, 3.8) is 0 Å². The van der Waals surface area contributed by atoms with Crippen LogP contribution in [0, 0.1) is 0 Å². The number of thiazole rings is 1. The first-order valence-corrected chi connectivity index (χ1v) is 10.4. The number of rotatable bonds is 7. The third-order valence-electron chi connectivity index (χ3n) is 4.18. The number of amides is 2. The summed E-state index contributed by atoms with van der Waals surface area (Å²) in [4.78, 5) is 31.0. The molecular weight excluding hydrogens is 370 g/mol. The summed E-state index contributed by atoms with van der Waals surface area (Å²) >= 11 is 3.15. The fourth-order valence-corrected chi connectivity index (χ4v) is 4.49. The summed E-state index contributed by atoms with van der Waals surface area (Å²) in [5.74, 6) is 1.83. The number of thioether (sulfide) groups is 1. The highest BCUT2D eigenvalue weighted by Crippen LogP contribution is 2.22. The van der Waals surface area contributed by atoms with E-state index in [0.717, 1.165) is 17.0 Å². The molecule has 1 aliphatic rings. The van der Waals surface area contributed by atoms with Crippen molar-refractivity contribution in [2.24, 2.45) is 0 Å². The van der Waals surface area contributed by atoms with Gasteiger partial charge in [0.15, 0.2) is 0 Å². The van der Waals surface area contributed by atoms with E-state index < -0.39 is 6.04 Å². The van der Waals surface area contributed by atoms with Crippen LogP contribution in [0.4, 0.5) is 0 Å². The predicted molar refractivity (Wildman–Crippen MR) is 103 cm³/mol. The SMILES string of the molecule is COc1ccc(CC(=O)N2CSC[C@@H]2C(=O)NCCc2cscn2)cc1.